The van der Waals surface area contributed by atoms with Gasteiger partial charge in [0.2, 0.25) is 5.91 Å². The van der Waals surface area contributed by atoms with Gasteiger partial charge in [0.1, 0.15) is 0 Å². The molecule has 1 aliphatic carbocycles. The predicted molar refractivity (Wildman–Crippen MR) is 68.6 cm³/mol. The number of hydrogen-bond donors (Lipinski definition) is 1. The molecule has 0 radical (unpaired) electrons. The molecule has 2 fully saturated rings. The van der Waals surface area contributed by atoms with Crippen molar-refractivity contribution in [3.8, 4) is 0 Å². The number of likely N-dealkylation sites (N-methyl/N-ethyl adjacent to an activating group) is 1. The van der Waals surface area contributed by atoms with E-state index < -0.39 is 0 Å². The van der Waals surface area contributed by atoms with Crippen molar-refractivity contribution in [1.29, 1.82) is 0 Å². The summed E-state index contributed by atoms with van der Waals surface area (Å²) >= 11 is 0. The molecule has 2 atom stereocenters. The fourth-order valence-corrected chi connectivity index (χ4v) is 2.96. The zero-order valence-corrected chi connectivity index (χ0v) is 10.9. The van der Waals surface area contributed by atoms with Crippen LogP contribution in [-0.2, 0) is 4.79 Å². The van der Waals surface area contributed by atoms with Crippen molar-refractivity contribution in [2.45, 2.75) is 38.1 Å². The highest BCUT2D eigenvalue weighted by atomic mass is 16.2. The molecule has 2 aliphatic rings. The Bertz CT molecular complexity index is 263. The second-order valence-electron chi connectivity index (χ2n) is 5.58. The summed E-state index contributed by atoms with van der Waals surface area (Å²) in [4.78, 5) is 16.5. The maximum Gasteiger partial charge on any atom is 0.225 e. The Morgan fingerprint density at radius 1 is 1.35 bits per heavy atom. The van der Waals surface area contributed by atoms with Gasteiger partial charge in [-0.1, -0.05) is 0 Å². The van der Waals surface area contributed by atoms with Crippen LogP contribution in [-0.4, -0.2) is 55.0 Å². The number of hydrogen-bond acceptors (Lipinski definition) is 3. The first kappa shape index (κ1) is 12.8. The lowest BCUT2D eigenvalue weighted by molar-refractivity contribution is -0.134. The summed E-state index contributed by atoms with van der Waals surface area (Å²) in [6.45, 7) is 4.30. The summed E-state index contributed by atoms with van der Waals surface area (Å²) in [6.07, 6.45) is 5.50. The Morgan fingerprint density at radius 3 is 2.65 bits per heavy atom. The van der Waals surface area contributed by atoms with Crippen molar-refractivity contribution >= 4 is 5.91 Å². The molecule has 1 saturated carbocycles. The normalized spacial score (nSPS) is 29.8. The zero-order valence-electron chi connectivity index (χ0n) is 10.9. The molecule has 0 spiro atoms. The van der Waals surface area contributed by atoms with Crippen LogP contribution < -0.4 is 5.73 Å². The Balaban J connectivity index is 1.71. The van der Waals surface area contributed by atoms with Crippen molar-refractivity contribution in [3.63, 3.8) is 0 Å². The summed E-state index contributed by atoms with van der Waals surface area (Å²) in [6, 6.07) is 0.246. The number of carbonyl (C=O) groups is 1. The minimum atomic E-state index is 0.188. The van der Waals surface area contributed by atoms with Crippen LogP contribution in [0.2, 0.25) is 0 Å². The largest absolute Gasteiger partial charge is 0.344 e. The second-order valence-corrected chi connectivity index (χ2v) is 5.58. The van der Waals surface area contributed by atoms with Crippen molar-refractivity contribution in [1.82, 2.24) is 9.80 Å². The maximum atomic E-state index is 12.1. The zero-order chi connectivity index (χ0) is 12.3. The van der Waals surface area contributed by atoms with Crippen molar-refractivity contribution < 1.29 is 4.79 Å². The maximum absolute atomic E-state index is 12.1. The highest BCUT2D eigenvalue weighted by molar-refractivity contribution is 5.78. The molecule has 0 bridgehead atoms. The number of carbonyl (C=O) groups excluding carboxylic acids is 1. The Kier molecular flexibility index (Phi) is 4.40. The molecule has 1 amide bonds. The van der Waals surface area contributed by atoms with Crippen LogP contribution in [0.25, 0.3) is 0 Å². The second kappa shape index (κ2) is 5.83. The van der Waals surface area contributed by atoms with E-state index in [1.807, 2.05) is 11.9 Å². The molecular formula is C13H25N3O. The van der Waals surface area contributed by atoms with Crippen LogP contribution in [0.3, 0.4) is 0 Å². The molecule has 2 unspecified atom stereocenters. The molecule has 2 N–H and O–H groups in total. The van der Waals surface area contributed by atoms with Gasteiger partial charge >= 0.3 is 0 Å². The monoisotopic (exact) mass is 239 g/mol. The summed E-state index contributed by atoms with van der Waals surface area (Å²) in [5.74, 6) is 0.491. The van der Waals surface area contributed by atoms with Gasteiger partial charge in [0.05, 0.1) is 0 Å². The van der Waals surface area contributed by atoms with E-state index in [9.17, 15) is 4.79 Å². The van der Waals surface area contributed by atoms with E-state index >= 15 is 0 Å². The first-order chi connectivity index (χ1) is 8.16. The SMILES string of the molecule is CN(CCN1CCCC1)C(=O)C1CCC(N)C1. The third-order valence-electron chi connectivity index (χ3n) is 4.15. The number of amides is 1. The van der Waals surface area contributed by atoms with Gasteiger partial charge in [-0.2, -0.15) is 0 Å². The van der Waals surface area contributed by atoms with Gasteiger partial charge in [-0.3, -0.25) is 4.79 Å². The fraction of sp³-hybridized carbons (Fsp3) is 0.923. The molecular weight excluding hydrogens is 214 g/mol. The van der Waals surface area contributed by atoms with Crippen molar-refractivity contribution in [2.75, 3.05) is 33.2 Å². The molecule has 1 heterocycles. The predicted octanol–water partition coefficient (Wildman–Crippen LogP) is 0.668. The van der Waals surface area contributed by atoms with Gasteiger partial charge in [0, 0.05) is 32.1 Å². The first-order valence-electron chi connectivity index (χ1n) is 6.89. The quantitative estimate of drug-likeness (QED) is 0.784. The van der Waals surface area contributed by atoms with E-state index in [1.165, 1.54) is 25.9 Å². The lowest BCUT2D eigenvalue weighted by Crippen LogP contribution is -2.38. The molecule has 1 aliphatic heterocycles. The van der Waals surface area contributed by atoms with Crippen molar-refractivity contribution in [3.05, 3.63) is 0 Å². The summed E-state index contributed by atoms with van der Waals surface area (Å²) < 4.78 is 0. The van der Waals surface area contributed by atoms with Crippen LogP contribution >= 0.6 is 0 Å². The Morgan fingerprint density at radius 2 is 2.06 bits per heavy atom. The lowest BCUT2D eigenvalue weighted by Gasteiger charge is -2.24. The molecule has 17 heavy (non-hydrogen) atoms. The molecule has 0 aromatic rings. The highest BCUT2D eigenvalue weighted by Gasteiger charge is 2.29. The van der Waals surface area contributed by atoms with E-state index in [0.29, 0.717) is 5.91 Å². The Hall–Kier alpha value is -0.610. The molecule has 4 nitrogen and oxygen atoms in total. The van der Waals surface area contributed by atoms with E-state index in [2.05, 4.69) is 4.90 Å². The van der Waals surface area contributed by atoms with Gasteiger partial charge in [-0.05, 0) is 45.2 Å². The number of nitrogens with zero attached hydrogens (tertiary/aromatic N) is 2. The van der Waals surface area contributed by atoms with Crippen molar-refractivity contribution in [2.24, 2.45) is 11.7 Å². The summed E-state index contributed by atoms with van der Waals surface area (Å²) in [5, 5.41) is 0. The Labute approximate surface area is 104 Å². The van der Waals surface area contributed by atoms with Crippen LogP contribution in [0.1, 0.15) is 32.1 Å². The van der Waals surface area contributed by atoms with E-state index in [0.717, 1.165) is 32.4 Å². The molecule has 4 heteroatoms. The van der Waals surface area contributed by atoms with Gasteiger partial charge in [0.25, 0.3) is 0 Å². The smallest absolute Gasteiger partial charge is 0.225 e. The number of rotatable bonds is 4. The van der Waals surface area contributed by atoms with Crippen LogP contribution in [0.15, 0.2) is 0 Å². The standard InChI is InChI=1S/C13H25N3O/c1-15(8-9-16-6-2-3-7-16)13(17)11-4-5-12(14)10-11/h11-12H,2-10,14H2,1H3. The van der Waals surface area contributed by atoms with Gasteiger partial charge in [-0.15, -0.1) is 0 Å². The third-order valence-corrected chi connectivity index (χ3v) is 4.15. The number of likely N-dealkylation sites (tertiary alicyclic amines) is 1. The molecule has 1 saturated heterocycles. The summed E-state index contributed by atoms with van der Waals surface area (Å²) in [5.41, 5.74) is 5.86. The minimum absolute atomic E-state index is 0.188. The fourth-order valence-electron chi connectivity index (χ4n) is 2.96. The van der Waals surface area contributed by atoms with Gasteiger partial charge in [0.15, 0.2) is 0 Å². The summed E-state index contributed by atoms with van der Waals surface area (Å²) in [7, 11) is 1.93. The molecule has 98 valence electrons. The average Bonchev–Trinajstić information content (AvgIpc) is 2.95. The minimum Gasteiger partial charge on any atom is -0.344 e. The van der Waals surface area contributed by atoms with Crippen LogP contribution in [0.5, 0.6) is 0 Å². The third kappa shape index (κ3) is 3.42. The first-order valence-corrected chi connectivity index (χ1v) is 6.89. The van der Waals surface area contributed by atoms with E-state index in [-0.39, 0.29) is 12.0 Å². The molecule has 2 rings (SSSR count). The molecule has 0 aromatic heterocycles. The van der Waals surface area contributed by atoms with E-state index in [1.54, 1.807) is 0 Å². The average molecular weight is 239 g/mol. The van der Waals surface area contributed by atoms with Gasteiger partial charge in [-0.25, -0.2) is 0 Å². The lowest BCUT2D eigenvalue weighted by atomic mass is 10.1. The van der Waals surface area contributed by atoms with Crippen LogP contribution in [0.4, 0.5) is 0 Å². The van der Waals surface area contributed by atoms with Gasteiger partial charge < -0.3 is 15.5 Å². The topological polar surface area (TPSA) is 49.6 Å². The number of nitrogens with two attached hydrogens (primary N) is 1. The molecule has 0 aromatic carbocycles. The highest BCUT2D eigenvalue weighted by Crippen LogP contribution is 2.25. The van der Waals surface area contributed by atoms with Crippen LogP contribution in [0, 0.1) is 5.92 Å². The van der Waals surface area contributed by atoms with E-state index in [4.69, 9.17) is 5.73 Å².